The lowest BCUT2D eigenvalue weighted by Gasteiger charge is -2.36. The van der Waals surface area contributed by atoms with Gasteiger partial charge in [0.2, 0.25) is 5.91 Å². The summed E-state index contributed by atoms with van der Waals surface area (Å²) in [5.74, 6) is -2.67. The molecule has 2 aliphatic rings. The van der Waals surface area contributed by atoms with Crippen molar-refractivity contribution in [2.24, 2.45) is 5.92 Å². The van der Waals surface area contributed by atoms with Crippen LogP contribution in [0.2, 0.25) is 0 Å². The number of fused-ring (bicyclic) bond motifs is 1. The summed E-state index contributed by atoms with van der Waals surface area (Å²) in [5, 5.41) is 8.31. The first-order chi connectivity index (χ1) is 16.5. The summed E-state index contributed by atoms with van der Waals surface area (Å²) in [6.45, 7) is 1.56. The Morgan fingerprint density at radius 3 is 2.62 bits per heavy atom. The standard InChI is InChI=1S/C27H27F2N3O2/c28-19-8-11-24(29)22(14-19)26(33)31-25-12-13-30-15-23(25)27(34)32(20-9-10-20)16-18-6-3-5-17-4-1-2-7-21(17)18/h1-8,11,14,20,23,25,30H,9-10,12-13,15-16H2,(H,31,33). The molecule has 1 heterocycles. The number of carbonyl (C=O) groups excluding carboxylic acids is 2. The maximum Gasteiger partial charge on any atom is 0.254 e. The Bertz CT molecular complexity index is 1220. The van der Waals surface area contributed by atoms with Crippen LogP contribution < -0.4 is 10.6 Å². The molecule has 3 aromatic carbocycles. The molecule has 0 spiro atoms. The van der Waals surface area contributed by atoms with Crippen LogP contribution in [0.5, 0.6) is 0 Å². The molecule has 2 N–H and O–H groups in total. The van der Waals surface area contributed by atoms with Crippen molar-refractivity contribution in [2.75, 3.05) is 13.1 Å². The van der Waals surface area contributed by atoms with E-state index in [-0.39, 0.29) is 17.5 Å². The summed E-state index contributed by atoms with van der Waals surface area (Å²) in [7, 11) is 0. The number of rotatable bonds is 6. The molecular formula is C27H27F2N3O2. The van der Waals surface area contributed by atoms with Crippen LogP contribution in [0.1, 0.15) is 35.2 Å². The van der Waals surface area contributed by atoms with Crippen LogP contribution in [0.4, 0.5) is 8.78 Å². The number of hydrogen-bond acceptors (Lipinski definition) is 3. The molecule has 2 atom stereocenters. The van der Waals surface area contributed by atoms with E-state index in [2.05, 4.69) is 34.9 Å². The van der Waals surface area contributed by atoms with E-state index in [1.807, 2.05) is 23.1 Å². The molecule has 1 aliphatic heterocycles. The molecule has 3 aromatic rings. The molecule has 176 valence electrons. The number of amides is 2. The van der Waals surface area contributed by atoms with Crippen LogP contribution in [0, 0.1) is 17.6 Å². The molecule has 2 fully saturated rings. The third kappa shape index (κ3) is 4.66. The van der Waals surface area contributed by atoms with Gasteiger partial charge in [0.15, 0.2) is 0 Å². The average molecular weight is 464 g/mol. The Balaban J connectivity index is 1.37. The monoisotopic (exact) mass is 463 g/mol. The molecule has 1 saturated heterocycles. The third-order valence-corrected chi connectivity index (χ3v) is 6.78. The molecule has 5 rings (SSSR count). The Hall–Kier alpha value is -3.32. The fourth-order valence-corrected chi connectivity index (χ4v) is 4.81. The predicted molar refractivity (Wildman–Crippen MR) is 126 cm³/mol. The Morgan fingerprint density at radius 1 is 1.00 bits per heavy atom. The SMILES string of the molecule is O=C(NC1CCNCC1C(=O)N(Cc1cccc2ccccc12)C1CC1)c1cc(F)ccc1F. The highest BCUT2D eigenvalue weighted by atomic mass is 19.1. The minimum Gasteiger partial charge on any atom is -0.348 e. The van der Waals surface area contributed by atoms with Crippen LogP contribution >= 0.6 is 0 Å². The van der Waals surface area contributed by atoms with Gasteiger partial charge in [0.05, 0.1) is 11.5 Å². The van der Waals surface area contributed by atoms with Crippen molar-refractivity contribution in [3.05, 3.63) is 83.4 Å². The van der Waals surface area contributed by atoms with Crippen LogP contribution in [-0.2, 0) is 11.3 Å². The molecule has 0 radical (unpaired) electrons. The second kappa shape index (κ2) is 9.50. The number of piperidine rings is 1. The molecule has 5 nitrogen and oxygen atoms in total. The van der Waals surface area contributed by atoms with E-state index < -0.39 is 29.5 Å². The first-order valence-corrected chi connectivity index (χ1v) is 11.7. The smallest absolute Gasteiger partial charge is 0.254 e. The van der Waals surface area contributed by atoms with Gasteiger partial charge in [-0.2, -0.15) is 0 Å². The lowest BCUT2D eigenvalue weighted by atomic mass is 9.91. The van der Waals surface area contributed by atoms with Gasteiger partial charge in [-0.25, -0.2) is 8.78 Å². The van der Waals surface area contributed by atoms with Gasteiger partial charge in [0.1, 0.15) is 11.6 Å². The van der Waals surface area contributed by atoms with E-state index in [0.29, 0.717) is 26.1 Å². The lowest BCUT2D eigenvalue weighted by Crippen LogP contribution is -2.55. The zero-order valence-electron chi connectivity index (χ0n) is 18.8. The van der Waals surface area contributed by atoms with E-state index in [9.17, 15) is 18.4 Å². The van der Waals surface area contributed by atoms with Gasteiger partial charge in [-0.1, -0.05) is 42.5 Å². The summed E-state index contributed by atoms with van der Waals surface area (Å²) in [5.41, 5.74) is 0.740. The van der Waals surface area contributed by atoms with Gasteiger partial charge in [-0.15, -0.1) is 0 Å². The molecule has 0 aromatic heterocycles. The van der Waals surface area contributed by atoms with E-state index in [0.717, 1.165) is 47.4 Å². The highest BCUT2D eigenvalue weighted by Gasteiger charge is 2.40. The summed E-state index contributed by atoms with van der Waals surface area (Å²) < 4.78 is 27.7. The maximum absolute atomic E-state index is 14.1. The Kier molecular flexibility index (Phi) is 6.28. The molecule has 34 heavy (non-hydrogen) atoms. The highest BCUT2D eigenvalue weighted by Crippen LogP contribution is 2.32. The molecule has 7 heteroatoms. The highest BCUT2D eigenvalue weighted by molar-refractivity contribution is 5.95. The van der Waals surface area contributed by atoms with Crippen molar-refractivity contribution in [2.45, 2.75) is 37.9 Å². The predicted octanol–water partition coefficient (Wildman–Crippen LogP) is 4.02. The van der Waals surface area contributed by atoms with Crippen molar-refractivity contribution < 1.29 is 18.4 Å². The van der Waals surface area contributed by atoms with E-state index >= 15 is 0 Å². The van der Waals surface area contributed by atoms with Crippen LogP contribution in [0.15, 0.2) is 60.7 Å². The number of benzene rings is 3. The molecule has 2 amide bonds. The van der Waals surface area contributed by atoms with Crippen molar-refractivity contribution in [3.8, 4) is 0 Å². The van der Waals surface area contributed by atoms with Gasteiger partial charge in [0.25, 0.3) is 5.91 Å². The first-order valence-electron chi connectivity index (χ1n) is 11.7. The van der Waals surface area contributed by atoms with Crippen molar-refractivity contribution >= 4 is 22.6 Å². The van der Waals surface area contributed by atoms with Crippen molar-refractivity contribution in [3.63, 3.8) is 0 Å². The number of nitrogens with zero attached hydrogens (tertiary/aromatic N) is 1. The molecular weight excluding hydrogens is 436 g/mol. The maximum atomic E-state index is 14.1. The van der Waals surface area contributed by atoms with Gasteiger partial charge in [0, 0.05) is 25.2 Å². The third-order valence-electron chi connectivity index (χ3n) is 6.78. The van der Waals surface area contributed by atoms with E-state index in [4.69, 9.17) is 0 Å². The molecule has 1 saturated carbocycles. The van der Waals surface area contributed by atoms with Gasteiger partial charge < -0.3 is 15.5 Å². The van der Waals surface area contributed by atoms with Gasteiger partial charge in [-0.3, -0.25) is 9.59 Å². The lowest BCUT2D eigenvalue weighted by molar-refractivity contribution is -0.138. The second-order valence-corrected chi connectivity index (χ2v) is 9.14. The van der Waals surface area contributed by atoms with Gasteiger partial charge >= 0.3 is 0 Å². The van der Waals surface area contributed by atoms with Crippen molar-refractivity contribution in [1.82, 2.24) is 15.5 Å². The second-order valence-electron chi connectivity index (χ2n) is 9.14. The average Bonchev–Trinajstić information content (AvgIpc) is 3.69. The first kappa shape index (κ1) is 22.5. The van der Waals surface area contributed by atoms with Crippen LogP contribution in [0.25, 0.3) is 10.8 Å². The Labute approximate surface area is 197 Å². The van der Waals surface area contributed by atoms with Crippen LogP contribution in [0.3, 0.4) is 0 Å². The topological polar surface area (TPSA) is 61.4 Å². The summed E-state index contributed by atoms with van der Waals surface area (Å²) >= 11 is 0. The normalized spacial score (nSPS) is 20.2. The number of carbonyl (C=O) groups is 2. The number of halogens is 2. The zero-order chi connectivity index (χ0) is 23.7. The minimum atomic E-state index is -0.786. The summed E-state index contributed by atoms with van der Waals surface area (Å²) in [4.78, 5) is 28.4. The molecule has 0 bridgehead atoms. The minimum absolute atomic E-state index is 0.0207. The number of nitrogens with one attached hydrogen (secondary N) is 2. The largest absolute Gasteiger partial charge is 0.348 e. The van der Waals surface area contributed by atoms with E-state index in [1.54, 1.807) is 0 Å². The van der Waals surface area contributed by atoms with E-state index in [1.165, 1.54) is 0 Å². The summed E-state index contributed by atoms with van der Waals surface area (Å²) in [6.07, 6.45) is 2.45. The zero-order valence-corrected chi connectivity index (χ0v) is 18.8. The molecule has 2 unspecified atom stereocenters. The fourth-order valence-electron chi connectivity index (χ4n) is 4.81. The van der Waals surface area contributed by atoms with Crippen LogP contribution in [-0.4, -0.2) is 41.9 Å². The van der Waals surface area contributed by atoms with Gasteiger partial charge in [-0.05, 0) is 60.3 Å². The fraction of sp³-hybridized carbons (Fsp3) is 0.333. The molecule has 1 aliphatic carbocycles. The number of hydrogen-bond donors (Lipinski definition) is 2. The quantitative estimate of drug-likeness (QED) is 0.581. The Morgan fingerprint density at radius 2 is 1.79 bits per heavy atom. The van der Waals surface area contributed by atoms with Crippen molar-refractivity contribution in [1.29, 1.82) is 0 Å². The summed E-state index contributed by atoms with van der Waals surface area (Å²) in [6, 6.07) is 16.8.